The van der Waals surface area contributed by atoms with Crippen LogP contribution in [0.15, 0.2) is 24.3 Å². The second-order valence-electron chi connectivity index (χ2n) is 5.43. The van der Waals surface area contributed by atoms with Gasteiger partial charge in [0, 0.05) is 12.1 Å². The maximum atomic E-state index is 11.7. The number of nitrogens with two attached hydrogens (primary N) is 1. The number of benzene rings is 1. The molecule has 1 fully saturated rings. The molecule has 7 heteroatoms. The number of nitrogens with one attached hydrogen (secondary N) is 1. The predicted molar refractivity (Wildman–Crippen MR) is 78.1 cm³/mol. The summed E-state index contributed by atoms with van der Waals surface area (Å²) in [5.41, 5.74) is 5.96. The molecule has 0 saturated heterocycles. The summed E-state index contributed by atoms with van der Waals surface area (Å²) in [6.45, 7) is 0.160. The highest BCUT2D eigenvalue weighted by molar-refractivity contribution is 5.85. The van der Waals surface area contributed by atoms with E-state index in [-0.39, 0.29) is 12.3 Å². The Kier molecular flexibility index (Phi) is 4.74. The van der Waals surface area contributed by atoms with Crippen molar-refractivity contribution in [2.75, 3.05) is 11.9 Å². The van der Waals surface area contributed by atoms with Crippen LogP contribution in [0.5, 0.6) is 0 Å². The van der Waals surface area contributed by atoms with Crippen molar-refractivity contribution in [2.45, 2.75) is 37.6 Å². The second-order valence-corrected chi connectivity index (χ2v) is 5.43. The standard InChI is InChI=1S/C14H19N3O4/c15-14(7-2-1-3-8-14)10-21-13(18)16-11-5-4-6-12(9-11)17(19)20/h4-6,9H,1-3,7-8,10,15H2,(H,16,18). The number of ether oxygens (including phenoxy) is 1. The molecule has 0 unspecified atom stereocenters. The third-order valence-electron chi connectivity index (χ3n) is 3.64. The minimum Gasteiger partial charge on any atom is -0.447 e. The van der Waals surface area contributed by atoms with Crippen molar-refractivity contribution < 1.29 is 14.5 Å². The fraction of sp³-hybridized carbons (Fsp3) is 0.500. The summed E-state index contributed by atoms with van der Waals surface area (Å²) >= 11 is 0. The molecule has 114 valence electrons. The highest BCUT2D eigenvalue weighted by Gasteiger charge is 2.29. The number of anilines is 1. The van der Waals surface area contributed by atoms with Gasteiger partial charge in [0.1, 0.15) is 6.61 Å². The number of rotatable bonds is 4. The monoisotopic (exact) mass is 293 g/mol. The van der Waals surface area contributed by atoms with E-state index in [9.17, 15) is 14.9 Å². The normalized spacial score (nSPS) is 17.0. The molecular weight excluding hydrogens is 274 g/mol. The van der Waals surface area contributed by atoms with Crippen molar-refractivity contribution in [3.05, 3.63) is 34.4 Å². The largest absolute Gasteiger partial charge is 0.447 e. The average molecular weight is 293 g/mol. The molecule has 0 aliphatic heterocycles. The molecular formula is C14H19N3O4. The Balaban J connectivity index is 1.87. The SMILES string of the molecule is NC1(COC(=O)Nc2cccc([N+](=O)[O-])c2)CCCCC1. The van der Waals surface area contributed by atoms with Crippen LogP contribution in [0.1, 0.15) is 32.1 Å². The first-order valence-electron chi connectivity index (χ1n) is 6.96. The molecule has 0 radical (unpaired) electrons. The summed E-state index contributed by atoms with van der Waals surface area (Å²) in [5, 5.41) is 13.1. The number of nitro groups is 1. The minimum atomic E-state index is -0.647. The highest BCUT2D eigenvalue weighted by Crippen LogP contribution is 2.26. The smallest absolute Gasteiger partial charge is 0.411 e. The van der Waals surface area contributed by atoms with Crippen LogP contribution >= 0.6 is 0 Å². The Bertz CT molecular complexity index is 527. The first kappa shape index (κ1) is 15.2. The van der Waals surface area contributed by atoms with Crippen molar-refractivity contribution >= 4 is 17.5 Å². The fourth-order valence-electron chi connectivity index (χ4n) is 2.46. The highest BCUT2D eigenvalue weighted by atomic mass is 16.6. The lowest BCUT2D eigenvalue weighted by atomic mass is 9.83. The lowest BCUT2D eigenvalue weighted by Gasteiger charge is -2.32. The van der Waals surface area contributed by atoms with Crippen LogP contribution < -0.4 is 11.1 Å². The molecule has 0 bridgehead atoms. The van der Waals surface area contributed by atoms with Crippen molar-refractivity contribution in [1.82, 2.24) is 0 Å². The average Bonchev–Trinajstić information content (AvgIpc) is 2.46. The molecule has 1 aromatic carbocycles. The van der Waals surface area contributed by atoms with Crippen molar-refractivity contribution in [3.8, 4) is 0 Å². The van der Waals surface area contributed by atoms with Gasteiger partial charge in [-0.3, -0.25) is 15.4 Å². The Morgan fingerprint density at radius 3 is 2.76 bits per heavy atom. The number of nitro benzene ring substituents is 1. The number of hydrogen-bond acceptors (Lipinski definition) is 5. The van der Waals surface area contributed by atoms with Gasteiger partial charge in [-0.15, -0.1) is 0 Å². The number of carbonyl (C=O) groups is 1. The maximum Gasteiger partial charge on any atom is 0.411 e. The molecule has 1 amide bonds. The zero-order valence-electron chi connectivity index (χ0n) is 11.7. The number of nitrogens with zero attached hydrogens (tertiary/aromatic N) is 1. The third-order valence-corrected chi connectivity index (χ3v) is 3.64. The molecule has 1 aliphatic carbocycles. The Hall–Kier alpha value is -2.15. The summed E-state index contributed by atoms with van der Waals surface area (Å²) in [6, 6.07) is 5.69. The van der Waals surface area contributed by atoms with E-state index in [1.807, 2.05) is 0 Å². The molecule has 1 aromatic rings. The van der Waals surface area contributed by atoms with Gasteiger partial charge in [-0.1, -0.05) is 25.3 Å². The van der Waals surface area contributed by atoms with E-state index in [1.54, 1.807) is 6.07 Å². The molecule has 2 rings (SSSR count). The number of non-ortho nitro benzene ring substituents is 1. The van der Waals surface area contributed by atoms with Gasteiger partial charge in [-0.05, 0) is 18.9 Å². The van der Waals surface area contributed by atoms with Crippen LogP contribution in [0, 0.1) is 10.1 Å². The maximum absolute atomic E-state index is 11.7. The molecule has 0 heterocycles. The van der Waals surface area contributed by atoms with Crippen LogP contribution in [0.3, 0.4) is 0 Å². The Labute approximate surface area is 122 Å². The van der Waals surface area contributed by atoms with Crippen LogP contribution in [0.4, 0.5) is 16.2 Å². The summed E-state index contributed by atoms with van der Waals surface area (Å²) in [5.74, 6) is 0. The van der Waals surface area contributed by atoms with Gasteiger partial charge >= 0.3 is 6.09 Å². The van der Waals surface area contributed by atoms with Crippen LogP contribution in [-0.4, -0.2) is 23.2 Å². The first-order valence-corrected chi connectivity index (χ1v) is 6.96. The summed E-state index contributed by atoms with van der Waals surface area (Å²) in [7, 11) is 0. The van der Waals surface area contributed by atoms with Gasteiger partial charge in [0.2, 0.25) is 0 Å². The number of carbonyl (C=O) groups excluding carboxylic acids is 1. The van der Waals surface area contributed by atoms with Crippen LogP contribution in [-0.2, 0) is 4.74 Å². The minimum absolute atomic E-state index is 0.0876. The van der Waals surface area contributed by atoms with E-state index < -0.39 is 16.6 Å². The molecule has 0 aromatic heterocycles. The molecule has 0 atom stereocenters. The van der Waals surface area contributed by atoms with Crippen LogP contribution in [0.2, 0.25) is 0 Å². The van der Waals surface area contributed by atoms with Crippen LogP contribution in [0.25, 0.3) is 0 Å². The van der Waals surface area contributed by atoms with Crippen molar-refractivity contribution in [2.24, 2.45) is 5.73 Å². The van der Waals surface area contributed by atoms with E-state index in [1.165, 1.54) is 24.6 Å². The van der Waals surface area contributed by atoms with E-state index in [0.29, 0.717) is 5.69 Å². The first-order chi connectivity index (χ1) is 9.98. The van der Waals surface area contributed by atoms with Gasteiger partial charge in [-0.2, -0.15) is 0 Å². The number of hydrogen-bond donors (Lipinski definition) is 2. The fourth-order valence-corrected chi connectivity index (χ4v) is 2.46. The van der Waals surface area contributed by atoms with E-state index >= 15 is 0 Å². The zero-order chi connectivity index (χ0) is 15.3. The van der Waals surface area contributed by atoms with Gasteiger partial charge in [0.25, 0.3) is 5.69 Å². The van der Waals surface area contributed by atoms with Crippen molar-refractivity contribution in [1.29, 1.82) is 0 Å². The quantitative estimate of drug-likeness (QED) is 0.655. The Morgan fingerprint density at radius 2 is 2.10 bits per heavy atom. The van der Waals surface area contributed by atoms with E-state index in [2.05, 4.69) is 5.32 Å². The molecule has 21 heavy (non-hydrogen) atoms. The lowest BCUT2D eigenvalue weighted by molar-refractivity contribution is -0.384. The van der Waals surface area contributed by atoms with Gasteiger partial charge < -0.3 is 10.5 Å². The topological polar surface area (TPSA) is 107 Å². The van der Waals surface area contributed by atoms with Crippen molar-refractivity contribution in [3.63, 3.8) is 0 Å². The summed E-state index contributed by atoms with van der Waals surface area (Å²) < 4.78 is 5.14. The zero-order valence-corrected chi connectivity index (χ0v) is 11.7. The summed E-state index contributed by atoms with van der Waals surface area (Å²) in [4.78, 5) is 21.9. The molecule has 0 spiro atoms. The third kappa shape index (κ3) is 4.42. The number of amides is 1. The van der Waals surface area contributed by atoms with Gasteiger partial charge in [0.15, 0.2) is 0 Å². The van der Waals surface area contributed by atoms with E-state index in [4.69, 9.17) is 10.5 Å². The van der Waals surface area contributed by atoms with Gasteiger partial charge in [0.05, 0.1) is 16.1 Å². The lowest BCUT2D eigenvalue weighted by Crippen LogP contribution is -2.46. The molecule has 1 aliphatic rings. The summed E-state index contributed by atoms with van der Waals surface area (Å²) in [6.07, 6.45) is 4.30. The van der Waals surface area contributed by atoms with Gasteiger partial charge in [-0.25, -0.2) is 4.79 Å². The van der Waals surface area contributed by atoms with E-state index in [0.717, 1.165) is 25.7 Å². The molecule has 1 saturated carbocycles. The molecule has 3 N–H and O–H groups in total. The molecule has 7 nitrogen and oxygen atoms in total. The predicted octanol–water partition coefficient (Wildman–Crippen LogP) is 2.80. The second kappa shape index (κ2) is 6.53. The Morgan fingerprint density at radius 1 is 1.38 bits per heavy atom.